The molecule has 6 saturated heterocycles. The van der Waals surface area contributed by atoms with Crippen LogP contribution in [0.3, 0.4) is 0 Å². The van der Waals surface area contributed by atoms with Gasteiger partial charge in [-0.3, -0.25) is 24.0 Å². The second-order valence-electron chi connectivity index (χ2n) is 25.1. The van der Waals surface area contributed by atoms with Gasteiger partial charge in [0.25, 0.3) is 5.91 Å². The Hall–Kier alpha value is -5.07. The van der Waals surface area contributed by atoms with Crippen LogP contribution in [0.2, 0.25) is 0 Å². The largest absolute Gasteiger partial charge is 0.494 e. The van der Waals surface area contributed by atoms with Crippen molar-refractivity contribution in [3.05, 3.63) is 29.8 Å². The Labute approximate surface area is 571 Å². The Balaban J connectivity index is 1.07. The molecule has 562 valence electrons. The molecule has 6 aliphatic heterocycles. The van der Waals surface area contributed by atoms with E-state index >= 15 is 0 Å². The van der Waals surface area contributed by atoms with Gasteiger partial charge in [0.15, 0.2) is 37.7 Å². The smallest absolute Gasteiger partial charge is 0.251 e. The quantitative estimate of drug-likeness (QED) is 0.0251. The van der Waals surface area contributed by atoms with Crippen LogP contribution in [0.15, 0.2) is 24.3 Å². The van der Waals surface area contributed by atoms with E-state index in [-0.39, 0.29) is 12.2 Å². The summed E-state index contributed by atoms with van der Waals surface area (Å²) in [7, 11) is 1.21. The van der Waals surface area contributed by atoms with Crippen LogP contribution >= 0.6 is 0 Å². The first kappa shape index (κ1) is 81.2. The van der Waals surface area contributed by atoms with Crippen molar-refractivity contribution in [2.45, 2.75) is 270 Å². The number of aliphatic hydroxyl groups excluding tert-OH is 13. The number of methoxy groups -OCH3 is 1. The summed E-state index contributed by atoms with van der Waals surface area (Å²) in [4.78, 5) is 65.1. The van der Waals surface area contributed by atoms with E-state index in [1.807, 2.05) is 0 Å². The van der Waals surface area contributed by atoms with Crippen LogP contribution in [0, 0.1) is 11.8 Å². The molecular weight excluding hydrogens is 1320 g/mol. The minimum atomic E-state index is -2.07. The summed E-state index contributed by atoms with van der Waals surface area (Å²) in [6, 6.07) is -2.53. The normalized spacial score (nSPS) is 39.4. The highest BCUT2D eigenvalue weighted by Crippen LogP contribution is 2.37. The standard InChI is InChI=1S/C63H99N5O31/c1-8-9-10-11-12-13-14-15-16-20-88-33-19-17-18-32(21-33)57(85)68-40-46(79)45(78)34(22-69)92-59(40)96-52-35(23-70)93-60(41(48(52)81)65-29(4)74)97-53-36(24-71)94-61(42(49(53)82)66-30(5)75)98-54-37(25-72)95-62(43(50(54)83)67-31(6)76)99-55-38(91-58(86)39(47(55)80)64-28(3)73)26-89-63-56(87-7)51(84)44(77)27(2)90-63/h17-19,21,27,34-56,58-63,69-72,77-84,86H,8-12,15-16,20,22-26H2,1-7H3,(H,64,73)(H,65,74)(H,66,75)(H,67,76)(H,68,85)/t27?,34?,35?,36?,37?,38?,39-,40-,41?,42-,43?,44+,45+,46?,47+,48?,49+,50?,51?,52+,53?,54+,55?,56+,58+,59-,60?,61-,62?,63+/m0/s1. The average Bonchev–Trinajstić information content (AvgIpc) is 0.772. The molecule has 0 bridgehead atoms. The van der Waals surface area contributed by atoms with E-state index in [2.05, 4.69) is 45.3 Å². The van der Waals surface area contributed by atoms with Crippen LogP contribution in [0.4, 0.5) is 0 Å². The molecule has 99 heavy (non-hydrogen) atoms. The van der Waals surface area contributed by atoms with Crippen LogP contribution in [-0.2, 0) is 76.0 Å². The number of rotatable bonds is 30. The van der Waals surface area contributed by atoms with Gasteiger partial charge in [0.2, 0.25) is 23.6 Å². The zero-order chi connectivity index (χ0) is 72.5. The molecule has 1 aromatic carbocycles. The van der Waals surface area contributed by atoms with E-state index in [4.69, 9.17) is 61.6 Å². The number of unbranched alkanes of at least 4 members (excludes halogenated alkanes) is 5. The van der Waals surface area contributed by atoms with Crippen molar-refractivity contribution in [2.24, 2.45) is 0 Å². The maximum Gasteiger partial charge on any atom is 0.251 e. The van der Waals surface area contributed by atoms with E-state index in [0.29, 0.717) is 18.6 Å². The lowest BCUT2D eigenvalue weighted by Crippen LogP contribution is -2.72. The summed E-state index contributed by atoms with van der Waals surface area (Å²) in [5.74, 6) is 2.59. The van der Waals surface area contributed by atoms with Gasteiger partial charge >= 0.3 is 0 Å². The molecule has 0 saturated carbocycles. The third-order valence-corrected chi connectivity index (χ3v) is 17.6. The number of benzene rings is 1. The molecular formula is C63H99N5O31. The fourth-order valence-corrected chi connectivity index (χ4v) is 12.5. The van der Waals surface area contributed by atoms with Crippen LogP contribution in [0.25, 0.3) is 0 Å². The highest BCUT2D eigenvalue weighted by Gasteiger charge is 2.58. The van der Waals surface area contributed by atoms with Gasteiger partial charge in [-0.05, 0) is 38.0 Å². The molecule has 6 fully saturated rings. The van der Waals surface area contributed by atoms with Gasteiger partial charge in [-0.15, -0.1) is 11.8 Å². The molecule has 1 aromatic rings. The zero-order valence-corrected chi connectivity index (χ0v) is 56.0. The molecule has 0 radical (unpaired) electrons. The van der Waals surface area contributed by atoms with E-state index in [1.165, 1.54) is 26.2 Å². The summed E-state index contributed by atoms with van der Waals surface area (Å²) in [6.45, 7) is 3.43. The van der Waals surface area contributed by atoms with Crippen LogP contribution in [-0.4, -0.2) is 327 Å². The highest BCUT2D eigenvalue weighted by molar-refractivity contribution is 5.94. The number of amides is 5. The summed E-state index contributed by atoms with van der Waals surface area (Å²) in [5.41, 5.74) is 0.0342. The van der Waals surface area contributed by atoms with E-state index in [0.717, 1.165) is 59.8 Å². The van der Waals surface area contributed by atoms with Crippen molar-refractivity contribution >= 4 is 29.5 Å². The Morgan fingerprint density at radius 2 is 0.899 bits per heavy atom. The predicted octanol–water partition coefficient (Wildman–Crippen LogP) is -7.27. The lowest BCUT2D eigenvalue weighted by atomic mass is 9.93. The molecule has 30 atom stereocenters. The highest BCUT2D eigenvalue weighted by atomic mass is 16.8. The SMILES string of the molecule is CCCCCCC#CCCCOc1cccc(C(=O)N[C@H]2C(O)[C@H](O)C(CO)O[C@H]2O[C@@H]2C(CO)OC(OC3C(CO)O[C@@H](O[C@@H]4C(CO)OC(OC5C(CO[C@@H]6OC(C)[C@@H](O)C(O)[C@H]6OC)O[C@@H](O)[C@@H](NC(C)=O)[C@H]5O)C(NC(C)=O)C4O)[C@@H](NC(C)=O)[C@H]3O)C(NC(C)=O)C2O)c1. The monoisotopic (exact) mass is 1420 g/mol. The first-order chi connectivity index (χ1) is 47.2. The molecule has 0 aromatic heterocycles. The number of carbonyl (C=O) groups excluding carboxylic acids is 5. The summed E-state index contributed by atoms with van der Waals surface area (Å²) >= 11 is 0. The number of carbonyl (C=O) groups is 5. The minimum absolute atomic E-state index is 0.0342. The van der Waals surface area contributed by atoms with Gasteiger partial charge in [0.1, 0.15) is 146 Å². The van der Waals surface area contributed by atoms with Crippen molar-refractivity contribution in [1.82, 2.24) is 26.6 Å². The number of ether oxygens (including phenoxy) is 13. The predicted molar refractivity (Wildman–Crippen MR) is 332 cm³/mol. The lowest BCUT2D eigenvalue weighted by molar-refractivity contribution is -0.368. The molecule has 6 aliphatic rings. The lowest BCUT2D eigenvalue weighted by Gasteiger charge is -2.51. The van der Waals surface area contributed by atoms with Crippen LogP contribution < -0.4 is 31.3 Å². The molecule has 36 heteroatoms. The van der Waals surface area contributed by atoms with Crippen molar-refractivity contribution < 1.29 is 152 Å². The van der Waals surface area contributed by atoms with E-state index < -0.39 is 246 Å². The van der Waals surface area contributed by atoms with Crippen molar-refractivity contribution in [2.75, 3.05) is 46.8 Å². The molecule has 18 N–H and O–H groups in total. The maximum absolute atomic E-state index is 13.9. The third-order valence-electron chi connectivity index (χ3n) is 17.6. The third kappa shape index (κ3) is 20.9. The second kappa shape index (κ2) is 38.4. The number of nitrogens with one attached hydrogen (secondary N) is 5. The first-order valence-electron chi connectivity index (χ1n) is 33.0. The van der Waals surface area contributed by atoms with Crippen molar-refractivity contribution in [3.8, 4) is 17.6 Å². The fraction of sp³-hybridized carbons (Fsp3) is 0.794. The van der Waals surface area contributed by atoms with Crippen molar-refractivity contribution in [3.63, 3.8) is 0 Å². The number of aliphatic hydroxyl groups is 13. The minimum Gasteiger partial charge on any atom is -0.494 e. The molecule has 6 heterocycles. The van der Waals surface area contributed by atoms with Crippen molar-refractivity contribution in [1.29, 1.82) is 0 Å². The summed E-state index contributed by atoms with van der Waals surface area (Å²) in [6.07, 6.45) is -37.0. The number of hydrogen-bond acceptors (Lipinski definition) is 31. The Bertz CT molecular complexity index is 2790. The van der Waals surface area contributed by atoms with Gasteiger partial charge in [-0.1, -0.05) is 32.3 Å². The summed E-state index contributed by atoms with van der Waals surface area (Å²) < 4.78 is 77.9. The first-order valence-corrected chi connectivity index (χ1v) is 33.0. The Kier molecular flexibility index (Phi) is 31.5. The molecule has 36 nitrogen and oxygen atoms in total. The van der Waals surface area contributed by atoms with Crippen LogP contribution in [0.5, 0.6) is 5.75 Å². The summed E-state index contributed by atoms with van der Waals surface area (Å²) in [5, 5.41) is 158. The Morgan fingerprint density at radius 1 is 0.465 bits per heavy atom. The molecule has 7 rings (SSSR count). The zero-order valence-electron chi connectivity index (χ0n) is 56.0. The second-order valence-corrected chi connectivity index (χ2v) is 25.1. The maximum atomic E-state index is 13.9. The fourth-order valence-electron chi connectivity index (χ4n) is 12.5. The van der Waals surface area contributed by atoms with Gasteiger partial charge in [-0.2, -0.15) is 0 Å². The van der Waals surface area contributed by atoms with Gasteiger partial charge < -0.3 is 155 Å². The van der Waals surface area contributed by atoms with E-state index in [1.54, 1.807) is 12.1 Å². The van der Waals surface area contributed by atoms with Gasteiger partial charge in [0, 0.05) is 53.2 Å². The number of hydrogen-bond donors (Lipinski definition) is 18. The molecule has 5 amide bonds. The van der Waals surface area contributed by atoms with Crippen LogP contribution in [0.1, 0.15) is 96.8 Å². The molecule has 0 spiro atoms. The Morgan fingerprint density at radius 3 is 1.35 bits per heavy atom. The molecule has 16 unspecified atom stereocenters. The molecule has 0 aliphatic carbocycles. The van der Waals surface area contributed by atoms with Gasteiger partial charge in [-0.25, -0.2) is 0 Å². The van der Waals surface area contributed by atoms with E-state index in [9.17, 15) is 90.4 Å². The topological polar surface area (TPSA) is 528 Å². The average molecular weight is 1420 g/mol. The van der Waals surface area contributed by atoms with Gasteiger partial charge in [0.05, 0.1) is 45.7 Å².